The van der Waals surface area contributed by atoms with E-state index in [-0.39, 0.29) is 0 Å². The van der Waals surface area contributed by atoms with Crippen LogP contribution in [0.5, 0.6) is 5.75 Å². The van der Waals surface area contributed by atoms with Crippen LogP contribution in [0.3, 0.4) is 0 Å². The third kappa shape index (κ3) is 4.55. The van der Waals surface area contributed by atoms with Crippen molar-refractivity contribution in [2.75, 3.05) is 7.11 Å². The van der Waals surface area contributed by atoms with Gasteiger partial charge >= 0.3 is 0 Å². The first-order valence-corrected chi connectivity index (χ1v) is 9.41. The lowest BCUT2D eigenvalue weighted by Crippen LogP contribution is -2.20. The van der Waals surface area contributed by atoms with Crippen LogP contribution in [0.25, 0.3) is 0 Å². The Morgan fingerprint density at radius 3 is 2.76 bits per heavy atom. The van der Waals surface area contributed by atoms with E-state index >= 15 is 0 Å². The van der Waals surface area contributed by atoms with Crippen molar-refractivity contribution in [1.29, 1.82) is 0 Å². The minimum atomic E-state index is 0.400. The summed E-state index contributed by atoms with van der Waals surface area (Å²) in [6.45, 7) is 3.00. The molecule has 0 bridgehead atoms. The highest BCUT2D eigenvalue weighted by atomic mass is 79.9. The highest BCUT2D eigenvalue weighted by Gasteiger charge is 2.14. The molecule has 0 aliphatic heterocycles. The van der Waals surface area contributed by atoms with E-state index in [9.17, 15) is 0 Å². The molecule has 2 aromatic rings. The molecule has 1 N–H and O–H groups in total. The summed E-state index contributed by atoms with van der Waals surface area (Å²) in [5.74, 6) is 0.895. The van der Waals surface area contributed by atoms with Crippen molar-refractivity contribution in [3.8, 4) is 5.75 Å². The van der Waals surface area contributed by atoms with Crippen LogP contribution in [-0.2, 0) is 6.54 Å². The summed E-state index contributed by atoms with van der Waals surface area (Å²) < 4.78 is 7.53. The van der Waals surface area contributed by atoms with Crippen molar-refractivity contribution in [3.05, 3.63) is 49.0 Å². The summed E-state index contributed by atoms with van der Waals surface area (Å²) in [5, 5.41) is 5.79. The smallest absolute Gasteiger partial charge is 0.137 e. The lowest BCUT2D eigenvalue weighted by molar-refractivity contribution is 0.401. The molecule has 5 heteroatoms. The van der Waals surface area contributed by atoms with Gasteiger partial charge in [0.2, 0.25) is 0 Å². The van der Waals surface area contributed by atoms with Gasteiger partial charge < -0.3 is 10.1 Å². The van der Waals surface area contributed by atoms with Crippen molar-refractivity contribution in [2.45, 2.75) is 32.4 Å². The monoisotopic (exact) mass is 431 g/mol. The first kappa shape index (κ1) is 17.0. The molecule has 114 valence electrons. The standard InChI is InChI=1S/C16H19Br2NOS/c1-3-5-14(15-6-4-7-21-15)19-10-11-8-12(17)9-13(18)16(11)20-2/h4,6-9,14,19H,3,5,10H2,1-2H3. The van der Waals surface area contributed by atoms with Crippen molar-refractivity contribution >= 4 is 43.2 Å². The van der Waals surface area contributed by atoms with Crippen LogP contribution in [0.15, 0.2) is 38.6 Å². The molecule has 0 saturated carbocycles. The molecule has 0 aliphatic carbocycles. The predicted molar refractivity (Wildman–Crippen MR) is 97.2 cm³/mol. The van der Waals surface area contributed by atoms with Gasteiger partial charge in [0.05, 0.1) is 11.6 Å². The zero-order valence-corrected chi connectivity index (χ0v) is 16.1. The minimum Gasteiger partial charge on any atom is -0.495 e. The van der Waals surface area contributed by atoms with Gasteiger partial charge in [0.25, 0.3) is 0 Å². The largest absolute Gasteiger partial charge is 0.495 e. The average Bonchev–Trinajstić information content (AvgIpc) is 2.97. The first-order valence-electron chi connectivity index (χ1n) is 6.94. The van der Waals surface area contributed by atoms with Crippen LogP contribution in [0.4, 0.5) is 0 Å². The van der Waals surface area contributed by atoms with E-state index in [1.54, 1.807) is 7.11 Å². The van der Waals surface area contributed by atoms with E-state index in [0.29, 0.717) is 6.04 Å². The molecule has 2 nitrogen and oxygen atoms in total. The second kappa shape index (κ2) is 8.32. The number of hydrogen-bond donors (Lipinski definition) is 1. The molecular formula is C16H19Br2NOS. The molecule has 1 aromatic carbocycles. The number of rotatable bonds is 7. The van der Waals surface area contributed by atoms with Crippen LogP contribution >= 0.6 is 43.2 Å². The van der Waals surface area contributed by atoms with Crippen molar-refractivity contribution in [3.63, 3.8) is 0 Å². The Morgan fingerprint density at radius 2 is 2.14 bits per heavy atom. The molecule has 0 saturated heterocycles. The summed E-state index contributed by atoms with van der Waals surface area (Å²) in [7, 11) is 1.71. The van der Waals surface area contributed by atoms with E-state index in [4.69, 9.17) is 4.74 Å². The Bertz CT molecular complexity index is 572. The topological polar surface area (TPSA) is 21.3 Å². The first-order chi connectivity index (χ1) is 10.2. The van der Waals surface area contributed by atoms with Crippen LogP contribution in [0.2, 0.25) is 0 Å². The summed E-state index contributed by atoms with van der Waals surface area (Å²) in [6, 6.07) is 8.82. The second-order valence-electron chi connectivity index (χ2n) is 4.82. The number of hydrogen-bond acceptors (Lipinski definition) is 3. The maximum atomic E-state index is 5.51. The van der Waals surface area contributed by atoms with Crippen molar-refractivity contribution < 1.29 is 4.74 Å². The van der Waals surface area contributed by atoms with Crippen LogP contribution in [0, 0.1) is 0 Å². The molecular weight excluding hydrogens is 414 g/mol. The van der Waals surface area contributed by atoms with Gasteiger partial charge in [-0.15, -0.1) is 11.3 Å². The maximum absolute atomic E-state index is 5.51. The zero-order chi connectivity index (χ0) is 15.2. The fourth-order valence-corrected chi connectivity index (χ4v) is 4.64. The van der Waals surface area contributed by atoms with Gasteiger partial charge in [-0.05, 0) is 45.9 Å². The molecule has 0 amide bonds. The van der Waals surface area contributed by atoms with Gasteiger partial charge in [-0.3, -0.25) is 0 Å². The number of ether oxygens (including phenoxy) is 1. The van der Waals surface area contributed by atoms with E-state index in [2.05, 4.69) is 67.7 Å². The second-order valence-corrected chi connectivity index (χ2v) is 7.57. The van der Waals surface area contributed by atoms with Crippen LogP contribution < -0.4 is 10.1 Å². The van der Waals surface area contributed by atoms with Crippen LogP contribution in [0.1, 0.15) is 36.2 Å². The molecule has 1 aromatic heterocycles. The fourth-order valence-electron chi connectivity index (χ4n) is 2.33. The Labute approximate surface area is 147 Å². The van der Waals surface area contributed by atoms with Gasteiger partial charge in [0.1, 0.15) is 5.75 Å². The number of thiophene rings is 1. The molecule has 1 heterocycles. The number of nitrogens with one attached hydrogen (secondary N) is 1. The Balaban J connectivity index is 2.14. The van der Waals surface area contributed by atoms with Crippen molar-refractivity contribution in [1.82, 2.24) is 5.32 Å². The summed E-state index contributed by atoms with van der Waals surface area (Å²) in [4.78, 5) is 1.39. The molecule has 0 aliphatic rings. The molecule has 1 atom stereocenters. The third-order valence-electron chi connectivity index (χ3n) is 3.29. The van der Waals surface area contributed by atoms with Gasteiger partial charge in [-0.1, -0.05) is 35.3 Å². The fraction of sp³-hybridized carbons (Fsp3) is 0.375. The molecule has 1 unspecified atom stereocenters. The van der Waals surface area contributed by atoms with E-state index in [0.717, 1.165) is 39.6 Å². The molecule has 21 heavy (non-hydrogen) atoms. The zero-order valence-electron chi connectivity index (χ0n) is 12.2. The summed E-state index contributed by atoms with van der Waals surface area (Å²) in [5.41, 5.74) is 1.15. The van der Waals surface area contributed by atoms with Gasteiger partial charge in [0.15, 0.2) is 0 Å². The molecule has 0 radical (unpaired) electrons. The van der Waals surface area contributed by atoms with Crippen LogP contribution in [-0.4, -0.2) is 7.11 Å². The van der Waals surface area contributed by atoms with Gasteiger partial charge in [-0.2, -0.15) is 0 Å². The normalized spacial score (nSPS) is 12.4. The van der Waals surface area contributed by atoms with Gasteiger partial charge in [0, 0.05) is 27.5 Å². The minimum absolute atomic E-state index is 0.400. The van der Waals surface area contributed by atoms with E-state index in [1.165, 1.54) is 4.88 Å². The number of methoxy groups -OCH3 is 1. The van der Waals surface area contributed by atoms with E-state index < -0.39 is 0 Å². The number of benzene rings is 1. The SMILES string of the molecule is CCCC(NCc1cc(Br)cc(Br)c1OC)c1cccs1. The summed E-state index contributed by atoms with van der Waals surface area (Å²) >= 11 is 8.91. The predicted octanol–water partition coefficient (Wildman–Crippen LogP) is 5.91. The average molecular weight is 433 g/mol. The third-order valence-corrected chi connectivity index (χ3v) is 5.33. The van der Waals surface area contributed by atoms with Gasteiger partial charge in [-0.25, -0.2) is 0 Å². The molecule has 0 spiro atoms. The summed E-state index contributed by atoms with van der Waals surface area (Å²) in [6.07, 6.45) is 2.30. The Hall–Kier alpha value is -0.360. The molecule has 2 rings (SSSR count). The Kier molecular flexibility index (Phi) is 6.74. The van der Waals surface area contributed by atoms with E-state index in [1.807, 2.05) is 17.4 Å². The number of halogens is 2. The quantitative estimate of drug-likeness (QED) is 0.586. The lowest BCUT2D eigenvalue weighted by Gasteiger charge is -2.18. The maximum Gasteiger partial charge on any atom is 0.137 e. The van der Waals surface area contributed by atoms with Crippen molar-refractivity contribution in [2.24, 2.45) is 0 Å². The highest BCUT2D eigenvalue weighted by Crippen LogP contribution is 2.33. The lowest BCUT2D eigenvalue weighted by atomic mass is 10.1. The molecule has 0 fully saturated rings. The Morgan fingerprint density at radius 1 is 1.33 bits per heavy atom. The highest BCUT2D eigenvalue weighted by molar-refractivity contribution is 9.11.